The second kappa shape index (κ2) is 5.31. The van der Waals surface area contributed by atoms with Gasteiger partial charge in [0.2, 0.25) is 0 Å². The van der Waals surface area contributed by atoms with Crippen LogP contribution in [0.1, 0.15) is 32.4 Å². The summed E-state index contributed by atoms with van der Waals surface area (Å²) in [5.74, 6) is 1.12. The number of benzene rings is 1. The molecule has 0 unspecified atom stereocenters. The molecular formula is C17H23N3. The van der Waals surface area contributed by atoms with Gasteiger partial charge in [0.25, 0.3) is 0 Å². The smallest absolute Gasteiger partial charge is 0.136 e. The molecule has 3 nitrogen and oxygen atoms in total. The fourth-order valence-corrected chi connectivity index (χ4v) is 2.74. The number of aryl methyl sites for hydroxylation is 1. The first-order valence-corrected chi connectivity index (χ1v) is 7.65. The second-order valence-electron chi connectivity index (χ2n) is 5.53. The Morgan fingerprint density at radius 3 is 2.40 bits per heavy atom. The number of hydrogen-bond acceptors (Lipinski definition) is 3. The number of aromatic nitrogens is 1. The van der Waals surface area contributed by atoms with Crippen molar-refractivity contribution in [1.82, 2.24) is 4.98 Å². The first-order chi connectivity index (χ1) is 9.74. The van der Waals surface area contributed by atoms with Gasteiger partial charge in [-0.1, -0.05) is 24.3 Å². The summed E-state index contributed by atoms with van der Waals surface area (Å²) in [5, 5.41) is 6.20. The van der Waals surface area contributed by atoms with Crippen LogP contribution in [0.5, 0.6) is 0 Å². The van der Waals surface area contributed by atoms with E-state index in [2.05, 4.69) is 55.3 Å². The van der Waals surface area contributed by atoms with Gasteiger partial charge >= 0.3 is 0 Å². The van der Waals surface area contributed by atoms with E-state index in [1.807, 2.05) is 0 Å². The lowest BCUT2D eigenvalue weighted by molar-refractivity contribution is 0.848. The summed E-state index contributed by atoms with van der Waals surface area (Å²) < 4.78 is 0. The van der Waals surface area contributed by atoms with Gasteiger partial charge in [0, 0.05) is 29.9 Å². The molecule has 1 saturated carbocycles. The molecule has 1 heterocycles. The molecule has 20 heavy (non-hydrogen) atoms. The Kier molecular flexibility index (Phi) is 3.51. The van der Waals surface area contributed by atoms with Gasteiger partial charge in [-0.2, -0.15) is 0 Å². The molecule has 3 rings (SSSR count). The van der Waals surface area contributed by atoms with E-state index in [0.717, 1.165) is 24.6 Å². The molecule has 2 aromatic rings. The fraction of sp³-hybridized carbons (Fsp3) is 0.471. The van der Waals surface area contributed by atoms with Crippen LogP contribution in [0.2, 0.25) is 0 Å². The van der Waals surface area contributed by atoms with E-state index >= 15 is 0 Å². The standard InChI is InChI=1S/C17H23N3/c1-4-20(5-2)17-15-9-7-6-8-14(15)16(12(3)18-17)19-13-10-11-13/h6-9,13,19H,4-5,10-11H2,1-3H3. The summed E-state index contributed by atoms with van der Waals surface area (Å²) in [6.07, 6.45) is 2.57. The molecule has 1 aromatic heterocycles. The van der Waals surface area contributed by atoms with Crippen molar-refractivity contribution in [2.45, 2.75) is 39.7 Å². The zero-order chi connectivity index (χ0) is 14.1. The molecule has 1 aromatic carbocycles. The van der Waals surface area contributed by atoms with E-state index in [4.69, 9.17) is 4.98 Å². The number of hydrogen-bond donors (Lipinski definition) is 1. The highest BCUT2D eigenvalue weighted by atomic mass is 15.2. The fourth-order valence-electron chi connectivity index (χ4n) is 2.74. The topological polar surface area (TPSA) is 28.2 Å². The molecular weight excluding hydrogens is 246 g/mol. The molecule has 1 aliphatic rings. The van der Waals surface area contributed by atoms with Crippen LogP contribution in [0.15, 0.2) is 24.3 Å². The summed E-state index contributed by atoms with van der Waals surface area (Å²) >= 11 is 0. The maximum Gasteiger partial charge on any atom is 0.136 e. The molecule has 0 saturated heterocycles. The van der Waals surface area contributed by atoms with E-state index in [1.165, 1.54) is 29.3 Å². The van der Waals surface area contributed by atoms with E-state index in [-0.39, 0.29) is 0 Å². The van der Waals surface area contributed by atoms with Crippen molar-refractivity contribution < 1.29 is 0 Å². The van der Waals surface area contributed by atoms with Crippen molar-refractivity contribution in [2.24, 2.45) is 0 Å². The molecule has 1 N–H and O–H groups in total. The Labute approximate surface area is 121 Å². The lowest BCUT2D eigenvalue weighted by Crippen LogP contribution is -2.23. The maximum absolute atomic E-state index is 4.89. The molecule has 0 atom stereocenters. The molecule has 1 fully saturated rings. The SMILES string of the molecule is CCN(CC)c1nc(C)c(NC2CC2)c2ccccc12. The van der Waals surface area contributed by atoms with E-state index in [1.54, 1.807) is 0 Å². The van der Waals surface area contributed by atoms with Crippen molar-refractivity contribution in [2.75, 3.05) is 23.3 Å². The van der Waals surface area contributed by atoms with Crippen molar-refractivity contribution >= 4 is 22.3 Å². The van der Waals surface area contributed by atoms with E-state index in [9.17, 15) is 0 Å². The third-order valence-electron chi connectivity index (χ3n) is 4.06. The van der Waals surface area contributed by atoms with Gasteiger partial charge in [-0.15, -0.1) is 0 Å². The van der Waals surface area contributed by atoms with Crippen LogP contribution in [0, 0.1) is 6.92 Å². The lowest BCUT2D eigenvalue weighted by atomic mass is 10.1. The van der Waals surface area contributed by atoms with Gasteiger partial charge in [0.15, 0.2) is 0 Å². The van der Waals surface area contributed by atoms with E-state index < -0.39 is 0 Å². The minimum absolute atomic E-state index is 0.651. The summed E-state index contributed by atoms with van der Waals surface area (Å²) in [6, 6.07) is 9.27. The zero-order valence-electron chi connectivity index (χ0n) is 12.6. The average Bonchev–Trinajstić information content (AvgIpc) is 3.28. The van der Waals surface area contributed by atoms with Crippen LogP contribution in [-0.4, -0.2) is 24.1 Å². The number of pyridine rings is 1. The summed E-state index contributed by atoms with van der Waals surface area (Å²) in [5.41, 5.74) is 2.33. The van der Waals surface area contributed by atoms with Gasteiger partial charge in [-0.05, 0) is 33.6 Å². The Morgan fingerprint density at radius 1 is 1.15 bits per heavy atom. The van der Waals surface area contributed by atoms with E-state index in [0.29, 0.717) is 6.04 Å². The monoisotopic (exact) mass is 269 g/mol. The Morgan fingerprint density at radius 2 is 1.80 bits per heavy atom. The van der Waals surface area contributed by atoms with Crippen LogP contribution in [0.3, 0.4) is 0 Å². The average molecular weight is 269 g/mol. The van der Waals surface area contributed by atoms with Crippen LogP contribution >= 0.6 is 0 Å². The summed E-state index contributed by atoms with van der Waals surface area (Å²) in [4.78, 5) is 7.22. The highest BCUT2D eigenvalue weighted by Gasteiger charge is 2.23. The molecule has 0 radical (unpaired) electrons. The number of nitrogens with zero attached hydrogens (tertiary/aromatic N) is 2. The quantitative estimate of drug-likeness (QED) is 0.890. The molecule has 3 heteroatoms. The summed E-state index contributed by atoms with van der Waals surface area (Å²) in [6.45, 7) is 8.46. The van der Waals surface area contributed by atoms with Crippen molar-refractivity contribution in [3.8, 4) is 0 Å². The molecule has 0 bridgehead atoms. The molecule has 0 amide bonds. The minimum atomic E-state index is 0.651. The van der Waals surface area contributed by atoms with Gasteiger partial charge in [0.05, 0.1) is 11.4 Å². The normalized spacial score (nSPS) is 14.6. The number of anilines is 2. The molecule has 106 valence electrons. The Bertz CT molecular complexity index is 613. The summed E-state index contributed by atoms with van der Waals surface area (Å²) in [7, 11) is 0. The largest absolute Gasteiger partial charge is 0.380 e. The minimum Gasteiger partial charge on any atom is -0.380 e. The van der Waals surface area contributed by atoms with Crippen molar-refractivity contribution in [3.05, 3.63) is 30.0 Å². The predicted molar refractivity (Wildman–Crippen MR) is 86.7 cm³/mol. The van der Waals surface area contributed by atoms with Crippen LogP contribution in [-0.2, 0) is 0 Å². The molecule has 0 aliphatic heterocycles. The van der Waals surface area contributed by atoms with Gasteiger partial charge in [-0.25, -0.2) is 4.98 Å². The number of nitrogens with one attached hydrogen (secondary N) is 1. The Hall–Kier alpha value is -1.77. The van der Waals surface area contributed by atoms with Crippen LogP contribution in [0.4, 0.5) is 11.5 Å². The van der Waals surface area contributed by atoms with Gasteiger partial charge in [0.1, 0.15) is 5.82 Å². The first kappa shape index (κ1) is 13.2. The van der Waals surface area contributed by atoms with Crippen molar-refractivity contribution in [1.29, 1.82) is 0 Å². The molecule has 0 spiro atoms. The second-order valence-corrected chi connectivity index (χ2v) is 5.53. The predicted octanol–water partition coefficient (Wildman–Crippen LogP) is 3.96. The zero-order valence-corrected chi connectivity index (χ0v) is 12.6. The van der Waals surface area contributed by atoms with Crippen LogP contribution < -0.4 is 10.2 Å². The number of rotatable bonds is 5. The lowest BCUT2D eigenvalue weighted by Gasteiger charge is -2.24. The van der Waals surface area contributed by atoms with Gasteiger partial charge in [-0.3, -0.25) is 0 Å². The molecule has 1 aliphatic carbocycles. The maximum atomic E-state index is 4.89. The highest BCUT2D eigenvalue weighted by Crippen LogP contribution is 2.35. The van der Waals surface area contributed by atoms with Gasteiger partial charge < -0.3 is 10.2 Å². The number of fused-ring (bicyclic) bond motifs is 1. The van der Waals surface area contributed by atoms with Crippen molar-refractivity contribution in [3.63, 3.8) is 0 Å². The highest BCUT2D eigenvalue weighted by molar-refractivity contribution is 6.01. The third kappa shape index (κ3) is 2.33. The Balaban J connectivity index is 2.17. The first-order valence-electron chi connectivity index (χ1n) is 7.65. The third-order valence-corrected chi connectivity index (χ3v) is 4.06. The van der Waals surface area contributed by atoms with Crippen LogP contribution in [0.25, 0.3) is 10.8 Å².